The first kappa shape index (κ1) is 15.2. The Kier molecular flexibility index (Phi) is 6.01. The molecule has 19 heavy (non-hydrogen) atoms. The largest absolute Gasteiger partial charge is 0.481 e. The monoisotopic (exact) mass is 282 g/mol. The first-order valence-electron chi connectivity index (χ1n) is 5.54. The molecule has 0 N–H and O–H groups in total. The van der Waals surface area contributed by atoms with Crippen molar-refractivity contribution in [2.24, 2.45) is 0 Å². The molecular weight excluding hydrogens is 268 g/mol. The van der Waals surface area contributed by atoms with Gasteiger partial charge < -0.3 is 4.74 Å². The lowest BCUT2D eigenvalue weighted by Crippen LogP contribution is -1.96. The average Bonchev–Trinajstić information content (AvgIpc) is 2.37. The van der Waals surface area contributed by atoms with Crippen LogP contribution in [-0.2, 0) is 4.79 Å². The number of nitrogens with zero attached hydrogens (tertiary/aromatic N) is 2. The highest BCUT2D eigenvalue weighted by Crippen LogP contribution is 2.21. The fourth-order valence-electron chi connectivity index (χ4n) is 1.31. The van der Waals surface area contributed by atoms with Crippen LogP contribution in [0.3, 0.4) is 0 Å². The lowest BCUT2D eigenvalue weighted by molar-refractivity contribution is -0.385. The predicted molar refractivity (Wildman–Crippen MR) is 74.2 cm³/mol. The Bertz CT molecular complexity index is 503. The molecule has 0 bridgehead atoms. The summed E-state index contributed by atoms with van der Waals surface area (Å²) in [4.78, 5) is 25.1. The number of carbonyl (C=O) groups is 1. The van der Waals surface area contributed by atoms with Crippen molar-refractivity contribution >= 4 is 28.6 Å². The van der Waals surface area contributed by atoms with E-state index in [0.29, 0.717) is 18.1 Å². The van der Waals surface area contributed by atoms with Gasteiger partial charge in [0.25, 0.3) is 5.69 Å². The molecule has 0 fully saturated rings. The molecule has 0 atom stereocenters. The van der Waals surface area contributed by atoms with Crippen LogP contribution in [-0.4, -0.2) is 27.9 Å². The van der Waals surface area contributed by atoms with Crippen LogP contribution in [0.15, 0.2) is 18.2 Å². The van der Waals surface area contributed by atoms with Crippen LogP contribution in [0.1, 0.15) is 19.0 Å². The van der Waals surface area contributed by atoms with Gasteiger partial charge in [-0.15, -0.1) is 0 Å². The number of allylic oxidation sites excluding steroid dienone is 1. The number of aromatic nitrogens is 1. The minimum absolute atomic E-state index is 0.0545. The minimum atomic E-state index is -0.490. The van der Waals surface area contributed by atoms with Crippen molar-refractivity contribution < 1.29 is 14.5 Å². The summed E-state index contributed by atoms with van der Waals surface area (Å²) in [5.74, 6) is 0.965. The quantitative estimate of drug-likeness (QED) is 0.453. The van der Waals surface area contributed by atoms with Crippen LogP contribution in [0, 0.1) is 10.1 Å². The number of pyridine rings is 1. The molecule has 1 heterocycles. The van der Waals surface area contributed by atoms with Gasteiger partial charge in [-0.1, -0.05) is 17.8 Å². The van der Waals surface area contributed by atoms with E-state index in [-0.39, 0.29) is 16.5 Å². The van der Waals surface area contributed by atoms with Crippen LogP contribution < -0.4 is 4.74 Å². The second-order valence-corrected chi connectivity index (χ2v) is 4.82. The van der Waals surface area contributed by atoms with Crippen molar-refractivity contribution in [1.82, 2.24) is 4.98 Å². The highest BCUT2D eigenvalue weighted by atomic mass is 32.2. The summed E-state index contributed by atoms with van der Waals surface area (Å²) in [5.41, 5.74) is 0.174. The van der Waals surface area contributed by atoms with Gasteiger partial charge in [0.15, 0.2) is 5.12 Å². The molecule has 102 valence electrons. The first-order chi connectivity index (χ1) is 9.04. The molecule has 0 aromatic carbocycles. The summed E-state index contributed by atoms with van der Waals surface area (Å²) in [7, 11) is 1.45. The van der Waals surface area contributed by atoms with E-state index in [1.54, 1.807) is 12.2 Å². The standard InChI is InChI=1S/C12H14N2O4S/c1-9(15)19-8-4-3-5-10-11(14(16)17)6-7-12(13-10)18-2/h3,5-7H,4,8H2,1-2H3. The van der Waals surface area contributed by atoms with Crippen LogP contribution in [0.2, 0.25) is 0 Å². The molecule has 0 spiro atoms. The van der Waals surface area contributed by atoms with E-state index in [1.807, 2.05) is 0 Å². The lowest BCUT2D eigenvalue weighted by atomic mass is 10.2. The van der Waals surface area contributed by atoms with Crippen molar-refractivity contribution in [2.45, 2.75) is 13.3 Å². The van der Waals surface area contributed by atoms with E-state index in [9.17, 15) is 14.9 Å². The molecular formula is C12H14N2O4S. The maximum atomic E-state index is 10.8. The van der Waals surface area contributed by atoms with Gasteiger partial charge in [0, 0.05) is 24.8 Å². The van der Waals surface area contributed by atoms with Crippen molar-refractivity contribution in [2.75, 3.05) is 12.9 Å². The fraction of sp³-hybridized carbons (Fsp3) is 0.333. The zero-order valence-corrected chi connectivity index (χ0v) is 11.5. The van der Waals surface area contributed by atoms with Crippen LogP contribution in [0.5, 0.6) is 5.88 Å². The number of thioether (sulfide) groups is 1. The van der Waals surface area contributed by atoms with Gasteiger partial charge in [-0.2, -0.15) is 0 Å². The average molecular weight is 282 g/mol. The Balaban J connectivity index is 2.76. The number of hydrogen-bond acceptors (Lipinski definition) is 6. The first-order valence-corrected chi connectivity index (χ1v) is 6.52. The van der Waals surface area contributed by atoms with Gasteiger partial charge in [0.05, 0.1) is 12.0 Å². The molecule has 0 saturated carbocycles. The van der Waals surface area contributed by atoms with Crippen LogP contribution >= 0.6 is 11.8 Å². The molecule has 1 aromatic rings. The van der Waals surface area contributed by atoms with Crippen molar-refractivity contribution in [1.29, 1.82) is 0 Å². The number of hydrogen-bond donors (Lipinski definition) is 0. The number of ether oxygens (including phenoxy) is 1. The zero-order chi connectivity index (χ0) is 14.3. The Hall–Kier alpha value is -1.89. The highest BCUT2D eigenvalue weighted by Gasteiger charge is 2.13. The van der Waals surface area contributed by atoms with E-state index in [2.05, 4.69) is 4.98 Å². The van der Waals surface area contributed by atoms with E-state index in [4.69, 9.17) is 4.74 Å². The lowest BCUT2D eigenvalue weighted by Gasteiger charge is -2.01. The van der Waals surface area contributed by atoms with Crippen LogP contribution in [0.4, 0.5) is 5.69 Å². The van der Waals surface area contributed by atoms with Gasteiger partial charge in [-0.3, -0.25) is 14.9 Å². The fourth-order valence-corrected chi connectivity index (χ4v) is 1.85. The van der Waals surface area contributed by atoms with E-state index < -0.39 is 4.92 Å². The zero-order valence-electron chi connectivity index (χ0n) is 10.7. The molecule has 0 radical (unpaired) electrons. The molecule has 0 aliphatic carbocycles. The maximum Gasteiger partial charge on any atom is 0.295 e. The molecule has 0 aliphatic heterocycles. The SMILES string of the molecule is COc1ccc([N+](=O)[O-])c(C=CCCSC(C)=O)n1. The van der Waals surface area contributed by atoms with Crippen molar-refractivity contribution in [3.05, 3.63) is 34.0 Å². The summed E-state index contributed by atoms with van der Waals surface area (Å²) in [6.07, 6.45) is 3.96. The molecule has 0 unspecified atom stereocenters. The molecule has 0 aliphatic rings. The van der Waals surface area contributed by atoms with E-state index >= 15 is 0 Å². The molecule has 0 saturated heterocycles. The Labute approximate surface area is 115 Å². The van der Waals surface area contributed by atoms with Gasteiger partial charge in [-0.05, 0) is 12.5 Å². The summed E-state index contributed by atoms with van der Waals surface area (Å²) in [6, 6.07) is 2.80. The van der Waals surface area contributed by atoms with Gasteiger partial charge in [-0.25, -0.2) is 4.98 Å². The van der Waals surface area contributed by atoms with Crippen LogP contribution in [0.25, 0.3) is 6.08 Å². The number of carbonyl (C=O) groups excluding carboxylic acids is 1. The number of nitro groups is 1. The summed E-state index contributed by atoms with van der Waals surface area (Å²) in [5, 5.41) is 10.9. The third-order valence-corrected chi connectivity index (χ3v) is 2.99. The van der Waals surface area contributed by atoms with Gasteiger partial charge in [0.1, 0.15) is 5.69 Å². The molecule has 1 rings (SSSR count). The van der Waals surface area contributed by atoms with Gasteiger partial charge >= 0.3 is 0 Å². The number of rotatable bonds is 6. The second kappa shape index (κ2) is 7.52. The minimum Gasteiger partial charge on any atom is -0.481 e. The smallest absolute Gasteiger partial charge is 0.295 e. The summed E-state index contributed by atoms with van der Waals surface area (Å²) < 4.78 is 4.93. The predicted octanol–water partition coefficient (Wildman–Crippen LogP) is 2.68. The normalized spacial score (nSPS) is 10.6. The molecule has 0 amide bonds. The van der Waals surface area contributed by atoms with E-state index in [1.165, 1.54) is 37.9 Å². The maximum absolute atomic E-state index is 10.8. The summed E-state index contributed by atoms with van der Waals surface area (Å²) >= 11 is 1.22. The topological polar surface area (TPSA) is 82.3 Å². The Morgan fingerprint density at radius 2 is 2.32 bits per heavy atom. The number of methoxy groups -OCH3 is 1. The molecule has 1 aromatic heterocycles. The van der Waals surface area contributed by atoms with Crippen molar-refractivity contribution in [3.8, 4) is 5.88 Å². The molecule has 7 heteroatoms. The van der Waals surface area contributed by atoms with E-state index in [0.717, 1.165) is 0 Å². The second-order valence-electron chi connectivity index (χ2n) is 3.55. The highest BCUT2D eigenvalue weighted by molar-refractivity contribution is 8.13. The van der Waals surface area contributed by atoms with Gasteiger partial charge in [0.2, 0.25) is 5.88 Å². The van der Waals surface area contributed by atoms with Crippen molar-refractivity contribution in [3.63, 3.8) is 0 Å². The summed E-state index contributed by atoms with van der Waals surface area (Å²) in [6.45, 7) is 1.50. The molecule has 6 nitrogen and oxygen atoms in total. The third kappa shape index (κ3) is 5.09. The Morgan fingerprint density at radius 1 is 1.58 bits per heavy atom. The third-order valence-electron chi connectivity index (χ3n) is 2.15. The Morgan fingerprint density at radius 3 is 2.89 bits per heavy atom.